The van der Waals surface area contributed by atoms with E-state index < -0.39 is 15.1 Å². The van der Waals surface area contributed by atoms with Gasteiger partial charge in [0.2, 0.25) is 6.29 Å². The fraction of sp³-hybridized carbons (Fsp3) is 0.857. The monoisotopic (exact) mass is 192 g/mol. The molecule has 0 aromatic heterocycles. The Kier molecular flexibility index (Phi) is 5.08. The first kappa shape index (κ1) is 11.6. The molecule has 71 valence electrons. The third-order valence-electron chi connectivity index (χ3n) is 1.57. The van der Waals surface area contributed by atoms with Gasteiger partial charge in [0, 0.05) is 6.26 Å². The molecule has 1 unspecified atom stereocenters. The molecule has 0 aromatic carbocycles. The van der Waals surface area contributed by atoms with E-state index >= 15 is 0 Å². The first-order valence-corrected chi connectivity index (χ1v) is 5.74. The topological polar surface area (TPSA) is 77.2 Å². The lowest BCUT2D eigenvalue weighted by atomic mass is 10.2. The second kappa shape index (κ2) is 5.27. The molecule has 0 amide bonds. The van der Waals surface area contributed by atoms with E-state index in [1.807, 2.05) is 0 Å². The van der Waals surface area contributed by atoms with Gasteiger partial charge in [-0.15, -0.1) is 0 Å². The molecule has 0 bridgehead atoms. The van der Waals surface area contributed by atoms with E-state index in [0.29, 0.717) is 19.4 Å². The predicted octanol–water partition coefficient (Wildman–Crippen LogP) is -0.362. The van der Waals surface area contributed by atoms with E-state index in [1.54, 1.807) is 0 Å². The number of nitrogens with two attached hydrogens (primary N) is 1. The van der Waals surface area contributed by atoms with Crippen molar-refractivity contribution in [3.8, 4) is 0 Å². The van der Waals surface area contributed by atoms with Gasteiger partial charge in [-0.05, 0) is 19.4 Å². The summed E-state index contributed by atoms with van der Waals surface area (Å²) in [5.74, 6) is 0. The van der Waals surface area contributed by atoms with Crippen LogP contribution in [0, 0.1) is 0 Å². The van der Waals surface area contributed by atoms with Gasteiger partial charge in [0.25, 0.3) is 0 Å². The Morgan fingerprint density at radius 2 is 2.00 bits per heavy atom. The zero-order valence-electron chi connectivity index (χ0n) is 7.12. The first-order chi connectivity index (χ1) is 5.52. The third-order valence-corrected chi connectivity index (χ3v) is 2.93. The van der Waals surface area contributed by atoms with Gasteiger partial charge in [0.05, 0.1) is 0 Å². The van der Waals surface area contributed by atoms with Crippen LogP contribution >= 0.6 is 0 Å². The van der Waals surface area contributed by atoms with Crippen LogP contribution in [0.1, 0.15) is 19.3 Å². The Bertz CT molecular complexity index is 223. The Balaban J connectivity index is 3.94. The highest BCUT2D eigenvalue weighted by atomic mass is 32.2. The molecule has 4 nitrogen and oxygen atoms in total. The van der Waals surface area contributed by atoms with Crippen molar-refractivity contribution in [1.29, 1.82) is 0 Å². The summed E-state index contributed by atoms with van der Waals surface area (Å²) in [4.78, 5) is 10.2. The van der Waals surface area contributed by atoms with Gasteiger partial charge in [-0.1, -0.05) is 6.42 Å². The Hall–Kier alpha value is -0.420. The molecule has 12 heavy (non-hydrogen) atoms. The molecule has 0 fully saturated rings. The van der Waals surface area contributed by atoms with Crippen LogP contribution in [0.3, 0.4) is 0 Å². The number of hydrogen-bond donors (Lipinski definition) is 1. The molecule has 0 spiro atoms. The summed E-state index contributed by atoms with van der Waals surface area (Å²) in [5.41, 5.74) is 5.22. The molecule has 1 atom stereocenters. The van der Waals surface area contributed by atoms with Crippen molar-refractivity contribution in [2.75, 3.05) is 12.8 Å². The SMILES string of the molecule is CS(=O)(=O)C([C]=O)CCCCN. The molecule has 5 heteroatoms. The minimum atomic E-state index is -3.26. The van der Waals surface area contributed by atoms with E-state index in [-0.39, 0.29) is 0 Å². The van der Waals surface area contributed by atoms with Crippen LogP contribution < -0.4 is 5.73 Å². The average molecular weight is 192 g/mol. The van der Waals surface area contributed by atoms with Crippen LogP contribution in [0.15, 0.2) is 0 Å². The van der Waals surface area contributed by atoms with Crippen molar-refractivity contribution in [2.24, 2.45) is 5.73 Å². The van der Waals surface area contributed by atoms with Crippen molar-refractivity contribution >= 4 is 16.1 Å². The summed E-state index contributed by atoms with van der Waals surface area (Å²) in [6, 6.07) is 0. The molecule has 0 saturated heterocycles. The van der Waals surface area contributed by atoms with Crippen molar-refractivity contribution in [1.82, 2.24) is 0 Å². The summed E-state index contributed by atoms with van der Waals surface area (Å²) < 4.78 is 21.7. The number of sulfone groups is 1. The highest BCUT2D eigenvalue weighted by molar-refractivity contribution is 7.91. The second-order valence-corrected chi connectivity index (χ2v) is 4.95. The van der Waals surface area contributed by atoms with Gasteiger partial charge in [0.1, 0.15) is 5.25 Å². The maximum atomic E-state index is 10.9. The van der Waals surface area contributed by atoms with Gasteiger partial charge in [-0.3, -0.25) is 4.79 Å². The predicted molar refractivity (Wildman–Crippen MR) is 47.2 cm³/mol. The molecule has 0 aliphatic carbocycles. The molecule has 0 aliphatic rings. The van der Waals surface area contributed by atoms with Crippen molar-refractivity contribution in [3.63, 3.8) is 0 Å². The summed E-state index contributed by atoms with van der Waals surface area (Å²) in [6.45, 7) is 0.523. The minimum absolute atomic E-state index is 0.333. The number of carbonyl (C=O) groups excluding carboxylic acids is 1. The van der Waals surface area contributed by atoms with Crippen LogP contribution in [0.25, 0.3) is 0 Å². The number of unbranched alkanes of at least 4 members (excludes halogenated alkanes) is 1. The van der Waals surface area contributed by atoms with Gasteiger partial charge < -0.3 is 5.73 Å². The van der Waals surface area contributed by atoms with Gasteiger partial charge in [-0.2, -0.15) is 0 Å². The zero-order chi connectivity index (χ0) is 9.61. The molecular formula is C7H14NO3S. The van der Waals surface area contributed by atoms with E-state index in [0.717, 1.165) is 12.7 Å². The Morgan fingerprint density at radius 1 is 1.42 bits per heavy atom. The highest BCUT2D eigenvalue weighted by Gasteiger charge is 2.19. The Morgan fingerprint density at radius 3 is 2.33 bits per heavy atom. The van der Waals surface area contributed by atoms with Crippen LogP contribution in [-0.4, -0.2) is 32.8 Å². The molecule has 0 heterocycles. The lowest BCUT2D eigenvalue weighted by Gasteiger charge is -2.05. The van der Waals surface area contributed by atoms with E-state index in [4.69, 9.17) is 5.73 Å². The molecular weight excluding hydrogens is 178 g/mol. The maximum Gasteiger partial charge on any atom is 0.217 e. The van der Waals surface area contributed by atoms with E-state index in [9.17, 15) is 13.2 Å². The van der Waals surface area contributed by atoms with E-state index in [1.165, 1.54) is 6.29 Å². The molecule has 0 rings (SSSR count). The lowest BCUT2D eigenvalue weighted by molar-refractivity contribution is 0.538. The quantitative estimate of drug-likeness (QED) is 0.583. The third kappa shape index (κ3) is 4.46. The van der Waals surface area contributed by atoms with Crippen molar-refractivity contribution < 1.29 is 13.2 Å². The smallest absolute Gasteiger partial charge is 0.217 e. The second-order valence-electron chi connectivity index (χ2n) is 2.72. The molecule has 0 saturated carbocycles. The van der Waals surface area contributed by atoms with Crippen LogP contribution in [0.4, 0.5) is 0 Å². The van der Waals surface area contributed by atoms with Crippen LogP contribution in [0.5, 0.6) is 0 Å². The first-order valence-electron chi connectivity index (χ1n) is 3.79. The summed E-state index contributed by atoms with van der Waals surface area (Å²) in [7, 11) is -3.26. The summed E-state index contributed by atoms with van der Waals surface area (Å²) in [6.07, 6.45) is 4.30. The van der Waals surface area contributed by atoms with Gasteiger partial charge in [-0.25, -0.2) is 8.42 Å². The highest BCUT2D eigenvalue weighted by Crippen LogP contribution is 2.06. The van der Waals surface area contributed by atoms with Crippen molar-refractivity contribution in [3.05, 3.63) is 0 Å². The summed E-state index contributed by atoms with van der Waals surface area (Å²) >= 11 is 0. The fourth-order valence-corrected chi connectivity index (χ4v) is 1.60. The molecule has 0 aromatic rings. The van der Waals surface area contributed by atoms with Crippen LogP contribution in [-0.2, 0) is 14.6 Å². The summed E-state index contributed by atoms with van der Waals surface area (Å²) in [5, 5.41) is -0.968. The number of rotatable bonds is 6. The Labute approximate surface area is 73.1 Å². The number of hydrogen-bond acceptors (Lipinski definition) is 4. The normalized spacial score (nSPS) is 14.2. The van der Waals surface area contributed by atoms with Gasteiger partial charge in [0.15, 0.2) is 9.84 Å². The van der Waals surface area contributed by atoms with E-state index in [2.05, 4.69) is 0 Å². The lowest BCUT2D eigenvalue weighted by Crippen LogP contribution is -2.21. The van der Waals surface area contributed by atoms with Gasteiger partial charge >= 0.3 is 0 Å². The standard InChI is InChI=1S/C7H14NO3S/c1-12(10,11)7(6-9)4-2-3-5-8/h7H,2-5,8H2,1H3. The molecule has 2 N–H and O–H groups in total. The molecule has 1 radical (unpaired) electrons. The molecule has 0 aliphatic heterocycles. The largest absolute Gasteiger partial charge is 0.330 e. The fourth-order valence-electron chi connectivity index (χ4n) is 0.834. The minimum Gasteiger partial charge on any atom is -0.330 e. The van der Waals surface area contributed by atoms with Crippen LogP contribution in [0.2, 0.25) is 0 Å². The maximum absolute atomic E-state index is 10.9. The zero-order valence-corrected chi connectivity index (χ0v) is 7.93. The van der Waals surface area contributed by atoms with Crippen molar-refractivity contribution in [2.45, 2.75) is 24.5 Å². The average Bonchev–Trinajstić information content (AvgIpc) is 1.95.